The first kappa shape index (κ1) is 12.5. The quantitative estimate of drug-likeness (QED) is 0.705. The van der Waals surface area contributed by atoms with E-state index in [2.05, 4.69) is 38.3 Å². The third kappa shape index (κ3) is 2.20. The van der Waals surface area contributed by atoms with E-state index in [0.717, 1.165) is 29.9 Å². The fourth-order valence-electron chi connectivity index (χ4n) is 2.43. The number of hydrogen-bond donors (Lipinski definition) is 0. The van der Waals surface area contributed by atoms with Crippen LogP contribution >= 0.6 is 38.9 Å². The van der Waals surface area contributed by atoms with Crippen LogP contribution in [-0.2, 0) is 18.3 Å². The summed E-state index contributed by atoms with van der Waals surface area (Å²) in [5, 5.41) is 3.84. The van der Waals surface area contributed by atoms with E-state index < -0.39 is 0 Å². The van der Waals surface area contributed by atoms with Crippen molar-refractivity contribution in [2.75, 3.05) is 11.4 Å². The minimum absolute atomic E-state index is 0.801. The van der Waals surface area contributed by atoms with Crippen molar-refractivity contribution in [3.8, 4) is 0 Å². The van der Waals surface area contributed by atoms with E-state index in [1.807, 2.05) is 23.5 Å². The van der Waals surface area contributed by atoms with Crippen LogP contribution in [0.25, 0.3) is 0 Å². The number of alkyl halides is 1. The SMILES string of the molecule is Clc1cccc(N2CCc3sccc3C2)c1CBr. The van der Waals surface area contributed by atoms with Gasteiger partial charge in [0.05, 0.1) is 0 Å². The van der Waals surface area contributed by atoms with Gasteiger partial charge in [-0.2, -0.15) is 0 Å². The predicted molar refractivity (Wildman–Crippen MR) is 83.2 cm³/mol. The fourth-order valence-corrected chi connectivity index (χ4v) is 4.31. The molecule has 0 saturated heterocycles. The highest BCUT2D eigenvalue weighted by atomic mass is 79.9. The van der Waals surface area contributed by atoms with E-state index in [0.29, 0.717) is 0 Å². The normalized spacial score (nSPS) is 14.7. The van der Waals surface area contributed by atoms with Crippen LogP contribution in [-0.4, -0.2) is 6.54 Å². The highest BCUT2D eigenvalue weighted by molar-refractivity contribution is 9.08. The smallest absolute Gasteiger partial charge is 0.0467 e. The standard InChI is InChI=1S/C14H13BrClNS/c15-8-11-12(16)2-1-3-13(11)17-6-4-14-10(9-17)5-7-18-14/h1-3,5,7H,4,6,8-9H2. The van der Waals surface area contributed by atoms with Crippen molar-refractivity contribution in [1.29, 1.82) is 0 Å². The average molecular weight is 343 g/mol. The molecule has 3 rings (SSSR count). The van der Waals surface area contributed by atoms with Crippen LogP contribution in [0.5, 0.6) is 0 Å². The first-order chi connectivity index (χ1) is 8.79. The van der Waals surface area contributed by atoms with Crippen LogP contribution < -0.4 is 4.90 Å². The Bertz CT molecular complexity index is 567. The molecule has 0 aliphatic carbocycles. The predicted octanol–water partition coefficient (Wildman–Crippen LogP) is 4.86. The van der Waals surface area contributed by atoms with E-state index in [4.69, 9.17) is 11.6 Å². The molecule has 0 amide bonds. The minimum atomic E-state index is 0.801. The van der Waals surface area contributed by atoms with E-state index >= 15 is 0 Å². The summed E-state index contributed by atoms with van der Waals surface area (Å²) in [6.07, 6.45) is 1.14. The molecule has 4 heteroatoms. The number of hydrogen-bond acceptors (Lipinski definition) is 2. The summed E-state index contributed by atoms with van der Waals surface area (Å²) in [6, 6.07) is 8.40. The van der Waals surface area contributed by atoms with Crippen LogP contribution in [0.2, 0.25) is 5.02 Å². The Morgan fingerprint density at radius 3 is 3.06 bits per heavy atom. The molecule has 0 radical (unpaired) electrons. The van der Waals surface area contributed by atoms with Gasteiger partial charge >= 0.3 is 0 Å². The molecule has 2 aromatic rings. The van der Waals surface area contributed by atoms with Gasteiger partial charge in [-0.25, -0.2) is 0 Å². The van der Waals surface area contributed by atoms with Crippen molar-refractivity contribution >= 4 is 44.6 Å². The Hall–Kier alpha value is -0.510. The van der Waals surface area contributed by atoms with Gasteiger partial charge in [0, 0.05) is 39.6 Å². The van der Waals surface area contributed by atoms with Crippen LogP contribution in [0.3, 0.4) is 0 Å². The van der Waals surface area contributed by atoms with Gasteiger partial charge in [-0.15, -0.1) is 11.3 Å². The van der Waals surface area contributed by atoms with Crippen LogP contribution in [0, 0.1) is 0 Å². The summed E-state index contributed by atoms with van der Waals surface area (Å²) in [5.41, 5.74) is 3.92. The van der Waals surface area contributed by atoms with Gasteiger partial charge in [0.15, 0.2) is 0 Å². The molecule has 0 unspecified atom stereocenters. The van der Waals surface area contributed by atoms with Gasteiger partial charge in [0.1, 0.15) is 0 Å². The van der Waals surface area contributed by atoms with E-state index in [-0.39, 0.29) is 0 Å². The molecule has 0 fully saturated rings. The van der Waals surface area contributed by atoms with Crippen LogP contribution in [0.1, 0.15) is 16.0 Å². The van der Waals surface area contributed by atoms with Gasteiger partial charge in [0.25, 0.3) is 0 Å². The fraction of sp³-hybridized carbons (Fsp3) is 0.286. The van der Waals surface area contributed by atoms with Crippen molar-refractivity contribution in [2.24, 2.45) is 0 Å². The number of nitrogens with zero attached hydrogens (tertiary/aromatic N) is 1. The Morgan fingerprint density at radius 1 is 1.33 bits per heavy atom. The van der Waals surface area contributed by atoms with Crippen LogP contribution in [0.4, 0.5) is 5.69 Å². The van der Waals surface area contributed by atoms with E-state index in [1.54, 1.807) is 0 Å². The second kappa shape index (κ2) is 5.24. The zero-order chi connectivity index (χ0) is 12.5. The second-order valence-corrected chi connectivity index (χ2v) is 6.38. The van der Waals surface area contributed by atoms with Gasteiger partial charge in [-0.1, -0.05) is 33.6 Å². The summed E-state index contributed by atoms with van der Waals surface area (Å²) < 4.78 is 0. The molecule has 0 bridgehead atoms. The number of thiophene rings is 1. The number of halogens is 2. The molecule has 0 atom stereocenters. The van der Waals surface area contributed by atoms with Crippen molar-refractivity contribution in [3.05, 3.63) is 50.7 Å². The largest absolute Gasteiger partial charge is 0.367 e. The van der Waals surface area contributed by atoms with Crippen molar-refractivity contribution in [3.63, 3.8) is 0 Å². The monoisotopic (exact) mass is 341 g/mol. The van der Waals surface area contributed by atoms with Gasteiger partial charge in [-0.3, -0.25) is 0 Å². The lowest BCUT2D eigenvalue weighted by Gasteiger charge is -2.30. The molecule has 94 valence electrons. The maximum Gasteiger partial charge on any atom is 0.0467 e. The highest BCUT2D eigenvalue weighted by Crippen LogP contribution is 2.33. The Morgan fingerprint density at radius 2 is 2.22 bits per heavy atom. The van der Waals surface area contributed by atoms with Gasteiger partial charge in [-0.05, 0) is 35.6 Å². The van der Waals surface area contributed by atoms with Crippen molar-refractivity contribution in [1.82, 2.24) is 0 Å². The lowest BCUT2D eigenvalue weighted by Crippen LogP contribution is -2.30. The first-order valence-corrected chi connectivity index (χ1v) is 8.31. The van der Waals surface area contributed by atoms with Gasteiger partial charge in [0.2, 0.25) is 0 Å². The summed E-state index contributed by atoms with van der Waals surface area (Å²) in [7, 11) is 0. The lowest BCUT2D eigenvalue weighted by atomic mass is 10.1. The molecular formula is C14H13BrClNS. The third-order valence-corrected chi connectivity index (χ3v) is 5.31. The highest BCUT2D eigenvalue weighted by Gasteiger charge is 2.20. The van der Waals surface area contributed by atoms with E-state index in [1.165, 1.54) is 21.7 Å². The summed E-state index contributed by atoms with van der Waals surface area (Å²) in [6.45, 7) is 2.08. The minimum Gasteiger partial charge on any atom is -0.367 e. The topological polar surface area (TPSA) is 3.24 Å². The molecule has 0 saturated carbocycles. The summed E-state index contributed by atoms with van der Waals surface area (Å²) in [4.78, 5) is 3.96. The third-order valence-electron chi connectivity index (χ3n) is 3.38. The Kier molecular flexibility index (Phi) is 3.64. The molecule has 1 aliphatic rings. The first-order valence-electron chi connectivity index (χ1n) is 5.93. The van der Waals surface area contributed by atoms with Crippen molar-refractivity contribution in [2.45, 2.75) is 18.3 Å². The van der Waals surface area contributed by atoms with E-state index in [9.17, 15) is 0 Å². The Labute approximate surface area is 125 Å². The zero-order valence-electron chi connectivity index (χ0n) is 9.83. The average Bonchev–Trinajstić information content (AvgIpc) is 2.85. The number of fused-ring (bicyclic) bond motifs is 1. The molecule has 1 aliphatic heterocycles. The van der Waals surface area contributed by atoms with Crippen LogP contribution in [0.15, 0.2) is 29.6 Å². The molecule has 1 nitrogen and oxygen atoms in total. The number of benzene rings is 1. The summed E-state index contributed by atoms with van der Waals surface area (Å²) in [5.74, 6) is 0. The number of rotatable bonds is 2. The molecule has 2 heterocycles. The number of anilines is 1. The Balaban J connectivity index is 1.95. The molecular weight excluding hydrogens is 330 g/mol. The zero-order valence-corrected chi connectivity index (χ0v) is 13.0. The molecule has 1 aromatic carbocycles. The van der Waals surface area contributed by atoms with Gasteiger partial charge < -0.3 is 4.90 Å². The second-order valence-electron chi connectivity index (χ2n) is 4.41. The lowest BCUT2D eigenvalue weighted by molar-refractivity contribution is 0.741. The molecule has 0 N–H and O–H groups in total. The maximum absolute atomic E-state index is 6.27. The summed E-state index contributed by atoms with van der Waals surface area (Å²) >= 11 is 11.7. The molecule has 18 heavy (non-hydrogen) atoms. The maximum atomic E-state index is 6.27. The molecule has 1 aromatic heterocycles. The van der Waals surface area contributed by atoms with Crippen molar-refractivity contribution < 1.29 is 0 Å². The molecule has 0 spiro atoms.